The number of carbonyl (C=O) groups is 1. The molecule has 0 radical (unpaired) electrons. The van der Waals surface area contributed by atoms with Crippen LogP contribution in [0, 0.1) is 0 Å². The van der Waals surface area contributed by atoms with Crippen molar-refractivity contribution in [3.05, 3.63) is 40.9 Å². The van der Waals surface area contributed by atoms with Gasteiger partial charge in [-0.25, -0.2) is 8.42 Å². The zero-order valence-corrected chi connectivity index (χ0v) is 12.9. The van der Waals surface area contributed by atoms with Crippen molar-refractivity contribution in [2.45, 2.75) is 4.90 Å². The quantitative estimate of drug-likeness (QED) is 0.616. The van der Waals surface area contributed by atoms with Crippen molar-refractivity contribution in [1.82, 2.24) is 9.59 Å². The van der Waals surface area contributed by atoms with Crippen LogP contribution in [0.15, 0.2) is 34.6 Å². The number of sulfone groups is 1. The fourth-order valence-electron chi connectivity index (χ4n) is 1.63. The number of rotatable bonds is 5. The lowest BCUT2D eigenvalue weighted by molar-refractivity contribution is 0.104. The molecule has 2 rings (SSSR count). The molecule has 0 unspecified atom stereocenters. The van der Waals surface area contributed by atoms with Crippen LogP contribution in [-0.2, 0) is 9.84 Å². The normalized spacial score (nSPS) is 11.7. The lowest BCUT2D eigenvalue weighted by Gasteiger charge is -2.07. The van der Waals surface area contributed by atoms with Gasteiger partial charge in [0.2, 0.25) is 0 Å². The molecule has 8 heteroatoms. The van der Waals surface area contributed by atoms with E-state index >= 15 is 0 Å². The fraction of sp³-hybridized carbons (Fsp3) is 0.154. The molecule has 1 aromatic carbocycles. The molecule has 0 atom stereocenters. The van der Waals surface area contributed by atoms with Gasteiger partial charge in [0, 0.05) is 17.2 Å². The van der Waals surface area contributed by atoms with Gasteiger partial charge in [-0.05, 0) is 41.9 Å². The van der Waals surface area contributed by atoms with Crippen LogP contribution in [0.4, 0.5) is 0 Å². The minimum absolute atomic E-state index is 0.0502. The minimum Gasteiger partial charge on any atom is -0.495 e. The molecule has 0 saturated heterocycles. The van der Waals surface area contributed by atoms with Gasteiger partial charge >= 0.3 is 0 Å². The third-order valence-corrected chi connectivity index (χ3v) is 4.29. The van der Waals surface area contributed by atoms with Gasteiger partial charge in [-0.15, -0.1) is 5.10 Å². The topological polar surface area (TPSA) is 86.2 Å². The van der Waals surface area contributed by atoms with Crippen LogP contribution in [0.3, 0.4) is 0 Å². The van der Waals surface area contributed by atoms with E-state index < -0.39 is 9.84 Å². The van der Waals surface area contributed by atoms with E-state index in [4.69, 9.17) is 4.74 Å². The summed E-state index contributed by atoms with van der Waals surface area (Å²) in [7, 11) is -2.05. The smallest absolute Gasteiger partial charge is 0.186 e. The lowest BCUT2D eigenvalue weighted by atomic mass is 10.1. The number of aromatic nitrogens is 2. The predicted octanol–water partition coefficient (Wildman–Crippen LogP) is 1.85. The third-order valence-electron chi connectivity index (χ3n) is 2.63. The second kappa shape index (κ2) is 6.15. The van der Waals surface area contributed by atoms with Crippen LogP contribution < -0.4 is 4.74 Å². The highest BCUT2D eigenvalue weighted by molar-refractivity contribution is 7.90. The average molecular weight is 324 g/mol. The van der Waals surface area contributed by atoms with E-state index in [2.05, 4.69) is 9.59 Å². The summed E-state index contributed by atoms with van der Waals surface area (Å²) in [6.45, 7) is 0. The molecule has 0 saturated carbocycles. The van der Waals surface area contributed by atoms with E-state index in [9.17, 15) is 13.2 Å². The molecule has 0 fully saturated rings. The first-order chi connectivity index (χ1) is 9.91. The molecule has 0 aliphatic carbocycles. The van der Waals surface area contributed by atoms with Crippen LogP contribution in [0.2, 0.25) is 0 Å². The number of hydrogen-bond donors (Lipinski definition) is 0. The Hall–Kier alpha value is -2.06. The minimum atomic E-state index is -3.41. The third kappa shape index (κ3) is 3.73. The van der Waals surface area contributed by atoms with Crippen LogP contribution in [-0.4, -0.2) is 37.2 Å². The molecule has 0 bridgehead atoms. The number of nitrogens with zero attached hydrogens (tertiary/aromatic N) is 2. The van der Waals surface area contributed by atoms with E-state index in [-0.39, 0.29) is 16.4 Å². The van der Waals surface area contributed by atoms with Crippen LogP contribution in [0.5, 0.6) is 5.75 Å². The van der Waals surface area contributed by atoms with Gasteiger partial charge in [-0.2, -0.15) is 0 Å². The molecule has 0 aliphatic rings. The molecule has 1 heterocycles. The van der Waals surface area contributed by atoms with E-state index in [1.807, 2.05) is 0 Å². The van der Waals surface area contributed by atoms with E-state index in [0.717, 1.165) is 6.26 Å². The monoisotopic (exact) mass is 324 g/mol. The van der Waals surface area contributed by atoms with Crippen molar-refractivity contribution in [2.24, 2.45) is 0 Å². The van der Waals surface area contributed by atoms with E-state index in [0.29, 0.717) is 11.3 Å². The van der Waals surface area contributed by atoms with Crippen LogP contribution >= 0.6 is 11.5 Å². The Balaban J connectivity index is 2.31. The zero-order chi connectivity index (χ0) is 15.5. The predicted molar refractivity (Wildman–Crippen MR) is 79.4 cm³/mol. The van der Waals surface area contributed by atoms with Crippen LogP contribution in [0.1, 0.15) is 16.1 Å². The Bertz CT molecular complexity index is 781. The maximum atomic E-state index is 12.0. The molecular formula is C13H12N2O4S2. The number of carbonyl (C=O) groups excluding carboxylic acids is 1. The molecule has 1 aromatic heterocycles. The Kier molecular flexibility index (Phi) is 4.49. The van der Waals surface area contributed by atoms with Gasteiger partial charge in [-0.1, -0.05) is 4.49 Å². The summed E-state index contributed by atoms with van der Waals surface area (Å²) in [5, 5.41) is 5.49. The summed E-state index contributed by atoms with van der Waals surface area (Å²) in [6.07, 6.45) is 3.98. The maximum absolute atomic E-state index is 12.0. The SMILES string of the molecule is COc1cc(C(=O)/C=C\c2csnn2)ccc1S(C)(=O)=O. The average Bonchev–Trinajstić information content (AvgIpc) is 2.96. The Labute approximate surface area is 126 Å². The first-order valence-electron chi connectivity index (χ1n) is 5.79. The first kappa shape index (κ1) is 15.3. The van der Waals surface area contributed by atoms with E-state index in [1.54, 1.807) is 11.5 Å². The van der Waals surface area contributed by atoms with Crippen molar-refractivity contribution in [3.8, 4) is 5.75 Å². The van der Waals surface area contributed by atoms with Gasteiger partial charge < -0.3 is 4.74 Å². The highest BCUT2D eigenvalue weighted by Gasteiger charge is 2.16. The lowest BCUT2D eigenvalue weighted by Crippen LogP contribution is -2.03. The highest BCUT2D eigenvalue weighted by atomic mass is 32.2. The summed E-state index contributed by atoms with van der Waals surface area (Å²) in [5.41, 5.74) is 0.923. The van der Waals surface area contributed by atoms with Gasteiger partial charge in [0.1, 0.15) is 10.6 Å². The molecule has 21 heavy (non-hydrogen) atoms. The number of hydrogen-bond acceptors (Lipinski definition) is 7. The number of allylic oxidation sites excluding steroid dienone is 1. The van der Waals surface area contributed by atoms with Crippen molar-refractivity contribution in [1.29, 1.82) is 0 Å². The molecule has 0 aliphatic heterocycles. The molecule has 0 N–H and O–H groups in total. The van der Waals surface area contributed by atoms with Gasteiger partial charge in [0.25, 0.3) is 0 Å². The zero-order valence-electron chi connectivity index (χ0n) is 11.3. The summed E-state index contributed by atoms with van der Waals surface area (Å²) < 4.78 is 31.9. The van der Waals surface area contributed by atoms with Crippen molar-refractivity contribution < 1.29 is 17.9 Å². The van der Waals surface area contributed by atoms with Gasteiger partial charge in [0.05, 0.1) is 12.8 Å². The number of benzene rings is 1. The largest absolute Gasteiger partial charge is 0.495 e. The fourth-order valence-corrected chi connectivity index (χ4v) is 2.87. The maximum Gasteiger partial charge on any atom is 0.186 e. The van der Waals surface area contributed by atoms with Crippen molar-refractivity contribution in [3.63, 3.8) is 0 Å². The van der Waals surface area contributed by atoms with Crippen LogP contribution in [0.25, 0.3) is 6.08 Å². The Morgan fingerprint density at radius 3 is 2.71 bits per heavy atom. The van der Waals surface area contributed by atoms with E-state index in [1.165, 1.54) is 42.9 Å². The standard InChI is InChI=1S/C13H12N2O4S2/c1-19-12-7-9(3-6-13(12)21(2,17)18)11(16)5-4-10-8-20-15-14-10/h3-8H,1-2H3/b5-4-. The summed E-state index contributed by atoms with van der Waals surface area (Å²) in [5.74, 6) is -0.131. The number of ketones is 1. The van der Waals surface area contributed by atoms with Crippen molar-refractivity contribution in [2.75, 3.05) is 13.4 Å². The number of methoxy groups -OCH3 is 1. The molecule has 2 aromatic rings. The Morgan fingerprint density at radius 1 is 1.38 bits per heavy atom. The number of ether oxygens (including phenoxy) is 1. The summed E-state index contributed by atoms with van der Waals surface area (Å²) >= 11 is 1.19. The summed E-state index contributed by atoms with van der Waals surface area (Å²) in [4.78, 5) is 12.1. The second-order valence-corrected chi connectivity index (χ2v) is 6.76. The molecule has 0 amide bonds. The summed E-state index contributed by atoms with van der Waals surface area (Å²) in [6, 6.07) is 4.22. The second-order valence-electron chi connectivity index (χ2n) is 4.17. The van der Waals surface area contributed by atoms with Crippen molar-refractivity contribution >= 4 is 33.2 Å². The first-order valence-corrected chi connectivity index (χ1v) is 8.52. The van der Waals surface area contributed by atoms with Gasteiger partial charge in [-0.3, -0.25) is 4.79 Å². The van der Waals surface area contributed by atoms with Gasteiger partial charge in [0.15, 0.2) is 15.6 Å². The molecule has 6 nitrogen and oxygen atoms in total. The molecular weight excluding hydrogens is 312 g/mol. The molecule has 110 valence electrons. The highest BCUT2D eigenvalue weighted by Crippen LogP contribution is 2.25. The Morgan fingerprint density at radius 2 is 2.14 bits per heavy atom. The molecule has 0 spiro atoms.